The second kappa shape index (κ2) is 11.7. The Morgan fingerprint density at radius 3 is 2.12 bits per heavy atom. The number of ketones is 1. The third kappa shape index (κ3) is 6.22. The second-order valence-electron chi connectivity index (χ2n) is 11.4. The summed E-state index contributed by atoms with van der Waals surface area (Å²) in [5, 5.41) is 0.496. The fourth-order valence-corrected chi connectivity index (χ4v) is 7.51. The summed E-state index contributed by atoms with van der Waals surface area (Å²) in [6.07, 6.45) is 1.95. The normalized spacial score (nSPS) is 18.8. The van der Waals surface area contributed by atoms with Crippen molar-refractivity contribution >= 4 is 33.3 Å². The van der Waals surface area contributed by atoms with Crippen molar-refractivity contribution in [2.75, 3.05) is 0 Å². The van der Waals surface area contributed by atoms with Gasteiger partial charge in [-0.3, -0.25) is 9.59 Å². The van der Waals surface area contributed by atoms with Crippen molar-refractivity contribution in [1.29, 1.82) is 0 Å². The molecule has 210 valence electrons. The highest BCUT2D eigenvalue weighted by atomic mass is 35.5. The molecular formula is C32H35ClN2O4S. The molecule has 0 spiro atoms. The number of nitrogens with two attached hydrogens (primary N) is 1. The van der Waals surface area contributed by atoms with Crippen molar-refractivity contribution in [3.05, 3.63) is 112 Å². The molecule has 3 aromatic rings. The molecule has 4 rings (SSSR count). The molecule has 2 N–H and O–H groups in total. The Morgan fingerprint density at radius 2 is 1.55 bits per heavy atom. The Labute approximate surface area is 241 Å². The first-order chi connectivity index (χ1) is 18.8. The van der Waals surface area contributed by atoms with Crippen LogP contribution in [0.4, 0.5) is 0 Å². The fraction of sp³-hybridized carbons (Fsp3) is 0.312. The molecule has 1 amide bonds. The van der Waals surface area contributed by atoms with E-state index in [-0.39, 0.29) is 17.1 Å². The standard InChI is InChI=1S/C32H35ClN2O4S/c1-21-10-8-9-13-28(21)40(38,39)35-29(32(2,3)4)20-26(30(35)23-14-16-25(33)17-15-23)27(36)19-24(31(34)37)18-22-11-6-5-7-12-22/h5-17,20,24,29-30H,18-19H2,1-4H3,(H2,34,37)/t24-,29+,30?/m1/s1. The molecule has 40 heavy (non-hydrogen) atoms. The van der Waals surface area contributed by atoms with Gasteiger partial charge in [-0.05, 0) is 53.6 Å². The molecule has 1 heterocycles. The van der Waals surface area contributed by atoms with E-state index in [9.17, 15) is 18.0 Å². The zero-order chi connectivity index (χ0) is 29.2. The van der Waals surface area contributed by atoms with E-state index in [1.165, 1.54) is 4.31 Å². The molecule has 0 bridgehead atoms. The van der Waals surface area contributed by atoms with E-state index in [1.54, 1.807) is 61.5 Å². The minimum Gasteiger partial charge on any atom is -0.369 e. The number of nitrogens with zero attached hydrogens (tertiary/aromatic N) is 1. The van der Waals surface area contributed by atoms with Crippen LogP contribution in [0, 0.1) is 18.3 Å². The number of carbonyl (C=O) groups is 2. The lowest BCUT2D eigenvalue weighted by atomic mass is 9.86. The number of amides is 1. The molecule has 0 saturated heterocycles. The van der Waals surface area contributed by atoms with Crippen LogP contribution in [-0.4, -0.2) is 30.5 Å². The maximum absolute atomic E-state index is 14.4. The van der Waals surface area contributed by atoms with Crippen molar-refractivity contribution in [2.45, 2.75) is 57.5 Å². The lowest BCUT2D eigenvalue weighted by molar-refractivity contribution is -0.126. The topological polar surface area (TPSA) is 97.5 Å². The van der Waals surface area contributed by atoms with Gasteiger partial charge in [0.15, 0.2) is 5.78 Å². The molecule has 0 radical (unpaired) electrons. The molecule has 0 saturated carbocycles. The van der Waals surface area contributed by atoms with Crippen LogP contribution >= 0.6 is 11.6 Å². The van der Waals surface area contributed by atoms with E-state index in [0.29, 0.717) is 28.1 Å². The van der Waals surface area contributed by atoms with Gasteiger partial charge < -0.3 is 5.73 Å². The number of rotatable bonds is 9. The van der Waals surface area contributed by atoms with Crippen molar-refractivity contribution in [1.82, 2.24) is 4.31 Å². The van der Waals surface area contributed by atoms with Gasteiger partial charge in [0.05, 0.1) is 10.9 Å². The van der Waals surface area contributed by atoms with Gasteiger partial charge in [-0.2, -0.15) is 4.31 Å². The average molecular weight is 579 g/mol. The maximum atomic E-state index is 14.4. The van der Waals surface area contributed by atoms with Gasteiger partial charge in [0.2, 0.25) is 15.9 Å². The lowest BCUT2D eigenvalue weighted by Gasteiger charge is -2.37. The molecule has 1 aliphatic heterocycles. The smallest absolute Gasteiger partial charge is 0.244 e. The Balaban J connectivity index is 1.82. The van der Waals surface area contributed by atoms with Crippen LogP contribution in [0.1, 0.15) is 49.9 Å². The van der Waals surface area contributed by atoms with Gasteiger partial charge in [-0.15, -0.1) is 0 Å². The van der Waals surface area contributed by atoms with Crippen LogP contribution in [0.5, 0.6) is 0 Å². The summed E-state index contributed by atoms with van der Waals surface area (Å²) in [6.45, 7) is 7.60. The van der Waals surface area contributed by atoms with Gasteiger partial charge in [0, 0.05) is 29.0 Å². The number of hydrogen-bond acceptors (Lipinski definition) is 4. The molecule has 3 aromatic carbocycles. The summed E-state index contributed by atoms with van der Waals surface area (Å²) >= 11 is 6.18. The highest BCUT2D eigenvalue weighted by Crippen LogP contribution is 2.47. The van der Waals surface area contributed by atoms with E-state index in [2.05, 4.69) is 0 Å². The Bertz CT molecular complexity index is 1530. The predicted molar refractivity (Wildman–Crippen MR) is 158 cm³/mol. The van der Waals surface area contributed by atoms with Crippen LogP contribution in [-0.2, 0) is 26.0 Å². The van der Waals surface area contributed by atoms with Gasteiger partial charge in [0.25, 0.3) is 0 Å². The molecule has 3 atom stereocenters. The van der Waals surface area contributed by atoms with E-state index in [1.807, 2.05) is 51.1 Å². The molecule has 1 unspecified atom stereocenters. The largest absolute Gasteiger partial charge is 0.369 e. The molecule has 0 aromatic heterocycles. The molecule has 6 nitrogen and oxygen atoms in total. The third-order valence-electron chi connectivity index (χ3n) is 7.36. The zero-order valence-electron chi connectivity index (χ0n) is 23.2. The number of hydrogen-bond donors (Lipinski definition) is 1. The van der Waals surface area contributed by atoms with Crippen LogP contribution in [0.25, 0.3) is 0 Å². The summed E-state index contributed by atoms with van der Waals surface area (Å²) in [7, 11) is -4.06. The van der Waals surface area contributed by atoms with Crippen LogP contribution < -0.4 is 5.73 Å². The molecule has 8 heteroatoms. The van der Waals surface area contributed by atoms with Crippen molar-refractivity contribution in [3.63, 3.8) is 0 Å². The third-order valence-corrected chi connectivity index (χ3v) is 9.62. The van der Waals surface area contributed by atoms with Crippen LogP contribution in [0.15, 0.2) is 95.4 Å². The first-order valence-electron chi connectivity index (χ1n) is 13.2. The molecule has 1 aliphatic rings. The van der Waals surface area contributed by atoms with Crippen molar-refractivity contribution < 1.29 is 18.0 Å². The van der Waals surface area contributed by atoms with E-state index < -0.39 is 39.3 Å². The lowest BCUT2D eigenvalue weighted by Crippen LogP contribution is -2.45. The molecule has 0 aliphatic carbocycles. The zero-order valence-corrected chi connectivity index (χ0v) is 24.7. The number of carbonyl (C=O) groups excluding carboxylic acids is 2. The molecular weight excluding hydrogens is 544 g/mol. The maximum Gasteiger partial charge on any atom is 0.244 e. The number of primary amides is 1. The number of sulfonamides is 1. The molecule has 0 fully saturated rings. The number of Topliss-reactive ketones (excluding diaryl/α,β-unsaturated/α-hetero) is 1. The van der Waals surface area contributed by atoms with Gasteiger partial charge in [-0.25, -0.2) is 8.42 Å². The van der Waals surface area contributed by atoms with Crippen molar-refractivity contribution in [2.24, 2.45) is 17.1 Å². The number of halogens is 1. The highest BCUT2D eigenvalue weighted by molar-refractivity contribution is 7.89. The fourth-order valence-electron chi connectivity index (χ4n) is 5.24. The van der Waals surface area contributed by atoms with Gasteiger partial charge in [0.1, 0.15) is 0 Å². The summed E-state index contributed by atoms with van der Waals surface area (Å²) in [5.74, 6) is -1.62. The summed E-state index contributed by atoms with van der Waals surface area (Å²) in [6, 6.07) is 21.6. The summed E-state index contributed by atoms with van der Waals surface area (Å²) in [5.41, 5.74) is 7.66. The summed E-state index contributed by atoms with van der Waals surface area (Å²) < 4.78 is 30.2. The first-order valence-corrected chi connectivity index (χ1v) is 15.1. The van der Waals surface area contributed by atoms with Crippen LogP contribution in [0.3, 0.4) is 0 Å². The number of benzene rings is 3. The van der Waals surface area contributed by atoms with Gasteiger partial charge in [-0.1, -0.05) is 99.1 Å². The quantitative estimate of drug-likeness (QED) is 0.335. The first kappa shape index (κ1) is 29.7. The monoisotopic (exact) mass is 578 g/mol. The highest BCUT2D eigenvalue weighted by Gasteiger charge is 2.49. The minimum absolute atomic E-state index is 0.130. The predicted octanol–water partition coefficient (Wildman–Crippen LogP) is 6.04. The van der Waals surface area contributed by atoms with E-state index in [0.717, 1.165) is 5.56 Å². The van der Waals surface area contributed by atoms with E-state index in [4.69, 9.17) is 17.3 Å². The Hall–Kier alpha value is -3.26. The van der Waals surface area contributed by atoms with Crippen molar-refractivity contribution in [3.8, 4) is 0 Å². The average Bonchev–Trinajstić information content (AvgIpc) is 3.32. The van der Waals surface area contributed by atoms with Crippen LogP contribution in [0.2, 0.25) is 5.02 Å². The Morgan fingerprint density at radius 1 is 0.950 bits per heavy atom. The summed E-state index contributed by atoms with van der Waals surface area (Å²) in [4.78, 5) is 26.7. The minimum atomic E-state index is -4.06. The van der Waals surface area contributed by atoms with E-state index >= 15 is 0 Å². The Kier molecular flexibility index (Phi) is 8.69. The van der Waals surface area contributed by atoms with Gasteiger partial charge >= 0.3 is 0 Å². The number of aryl methyl sites for hydroxylation is 1. The second-order valence-corrected chi connectivity index (χ2v) is 13.7. The SMILES string of the molecule is Cc1ccccc1S(=O)(=O)N1C(c2ccc(Cl)cc2)C(C(=O)C[C@@H](Cc2ccccc2)C(N)=O)=C[C@H]1C(C)(C)C.